The minimum Gasteiger partial charge on any atom is -0.493 e. The third kappa shape index (κ3) is 4.78. The van der Waals surface area contributed by atoms with Crippen molar-refractivity contribution in [3.05, 3.63) is 29.3 Å². The van der Waals surface area contributed by atoms with E-state index in [1.165, 1.54) is 19.3 Å². The molecule has 0 fully saturated rings. The van der Waals surface area contributed by atoms with E-state index in [0.29, 0.717) is 0 Å². The number of benzene rings is 1. The van der Waals surface area contributed by atoms with Gasteiger partial charge in [-0.3, -0.25) is 0 Å². The van der Waals surface area contributed by atoms with Gasteiger partial charge < -0.3 is 9.84 Å². The predicted molar refractivity (Wildman–Crippen MR) is 71.4 cm³/mol. The first-order chi connectivity index (χ1) is 8.15. The molecule has 2 nitrogen and oxygen atoms in total. The van der Waals surface area contributed by atoms with Crippen LogP contribution in [0.25, 0.3) is 0 Å². The summed E-state index contributed by atoms with van der Waals surface area (Å²) < 4.78 is 5.77. The summed E-state index contributed by atoms with van der Waals surface area (Å²) in [6, 6.07) is 5.95. The largest absolute Gasteiger partial charge is 0.493 e. The highest BCUT2D eigenvalue weighted by atomic mass is 16.5. The lowest BCUT2D eigenvalue weighted by Gasteiger charge is -2.14. The van der Waals surface area contributed by atoms with Gasteiger partial charge in [-0.1, -0.05) is 38.3 Å². The van der Waals surface area contributed by atoms with Crippen molar-refractivity contribution < 1.29 is 9.84 Å². The zero-order chi connectivity index (χ0) is 12.7. The molecule has 0 aliphatic carbocycles. The summed E-state index contributed by atoms with van der Waals surface area (Å²) in [5.74, 6) is 0.830. The van der Waals surface area contributed by atoms with Crippen LogP contribution in [0, 0.1) is 6.92 Å². The van der Waals surface area contributed by atoms with Gasteiger partial charge in [0.25, 0.3) is 0 Å². The van der Waals surface area contributed by atoms with Crippen LogP contribution in [0.4, 0.5) is 0 Å². The van der Waals surface area contributed by atoms with Gasteiger partial charge in [0.1, 0.15) is 5.75 Å². The zero-order valence-electron chi connectivity index (χ0n) is 11.2. The Morgan fingerprint density at radius 2 is 2.00 bits per heavy atom. The fraction of sp³-hybridized carbons (Fsp3) is 0.600. The first kappa shape index (κ1) is 14.0. The van der Waals surface area contributed by atoms with E-state index in [-0.39, 0.29) is 0 Å². The minimum absolute atomic E-state index is 0.471. The fourth-order valence-electron chi connectivity index (χ4n) is 1.82. The number of unbranched alkanes of at least 4 members (excludes halogenated alkanes) is 3. The highest BCUT2D eigenvalue weighted by Gasteiger charge is 2.08. The van der Waals surface area contributed by atoms with Crippen LogP contribution in [0.1, 0.15) is 56.8 Å². The number of aliphatic hydroxyl groups excluding tert-OH is 1. The molecule has 17 heavy (non-hydrogen) atoms. The number of aryl methyl sites for hydroxylation is 1. The molecular weight excluding hydrogens is 212 g/mol. The standard InChI is InChI=1S/C15H24O2/c1-4-5-6-7-10-17-15-11-12(2)8-9-14(15)13(3)16/h8-9,11,13,16H,4-7,10H2,1-3H3/t13-/m1/s1. The van der Waals surface area contributed by atoms with E-state index in [0.717, 1.165) is 29.9 Å². The van der Waals surface area contributed by atoms with Gasteiger partial charge in [-0.15, -0.1) is 0 Å². The molecule has 0 saturated carbocycles. The van der Waals surface area contributed by atoms with Gasteiger partial charge in [-0.25, -0.2) is 0 Å². The summed E-state index contributed by atoms with van der Waals surface area (Å²) in [7, 11) is 0. The summed E-state index contributed by atoms with van der Waals surface area (Å²) >= 11 is 0. The molecule has 0 spiro atoms. The highest BCUT2D eigenvalue weighted by molar-refractivity contribution is 5.38. The SMILES string of the molecule is CCCCCCOc1cc(C)ccc1[C@@H](C)O. The molecule has 0 radical (unpaired) electrons. The average Bonchev–Trinajstić information content (AvgIpc) is 2.28. The van der Waals surface area contributed by atoms with Crippen molar-refractivity contribution in [3.63, 3.8) is 0 Å². The normalized spacial score (nSPS) is 12.5. The van der Waals surface area contributed by atoms with E-state index < -0.39 is 6.10 Å². The predicted octanol–water partition coefficient (Wildman–Crippen LogP) is 4.01. The number of hydrogen-bond acceptors (Lipinski definition) is 2. The molecule has 0 aliphatic rings. The molecule has 96 valence electrons. The van der Waals surface area contributed by atoms with E-state index in [2.05, 4.69) is 6.92 Å². The third-order valence-electron chi connectivity index (χ3n) is 2.87. The second kappa shape index (κ2) is 7.33. The molecule has 1 aromatic carbocycles. The van der Waals surface area contributed by atoms with Crippen molar-refractivity contribution in [2.75, 3.05) is 6.61 Å². The Morgan fingerprint density at radius 3 is 2.65 bits per heavy atom. The van der Waals surface area contributed by atoms with E-state index in [4.69, 9.17) is 4.74 Å². The zero-order valence-corrected chi connectivity index (χ0v) is 11.2. The number of rotatable bonds is 7. The van der Waals surface area contributed by atoms with Crippen LogP contribution in [0.15, 0.2) is 18.2 Å². The van der Waals surface area contributed by atoms with Crippen LogP contribution in [0.3, 0.4) is 0 Å². The monoisotopic (exact) mass is 236 g/mol. The van der Waals surface area contributed by atoms with Crippen LogP contribution in [0.2, 0.25) is 0 Å². The minimum atomic E-state index is -0.471. The lowest BCUT2D eigenvalue weighted by Crippen LogP contribution is -2.02. The Bertz CT molecular complexity index is 332. The van der Waals surface area contributed by atoms with Gasteiger partial charge in [0, 0.05) is 5.56 Å². The Hall–Kier alpha value is -1.02. The third-order valence-corrected chi connectivity index (χ3v) is 2.87. The second-order valence-corrected chi connectivity index (χ2v) is 4.63. The van der Waals surface area contributed by atoms with Crippen LogP contribution in [-0.2, 0) is 0 Å². The molecule has 0 aliphatic heterocycles. The van der Waals surface area contributed by atoms with E-state index >= 15 is 0 Å². The Kier molecular flexibility index (Phi) is 6.06. The van der Waals surface area contributed by atoms with Crippen LogP contribution in [0.5, 0.6) is 5.75 Å². The van der Waals surface area contributed by atoms with Crippen molar-refractivity contribution in [1.82, 2.24) is 0 Å². The second-order valence-electron chi connectivity index (χ2n) is 4.63. The molecule has 0 aromatic heterocycles. The molecule has 1 atom stereocenters. The fourth-order valence-corrected chi connectivity index (χ4v) is 1.82. The molecule has 1 aromatic rings. The van der Waals surface area contributed by atoms with Gasteiger partial charge in [-0.05, 0) is 31.9 Å². The van der Waals surface area contributed by atoms with Gasteiger partial charge in [0.05, 0.1) is 12.7 Å². The maximum atomic E-state index is 9.66. The maximum Gasteiger partial charge on any atom is 0.125 e. The lowest BCUT2D eigenvalue weighted by molar-refractivity contribution is 0.190. The van der Waals surface area contributed by atoms with Gasteiger partial charge in [0.2, 0.25) is 0 Å². The smallest absolute Gasteiger partial charge is 0.125 e. The van der Waals surface area contributed by atoms with E-state index in [1.54, 1.807) is 6.92 Å². The van der Waals surface area contributed by atoms with Crippen molar-refractivity contribution in [3.8, 4) is 5.75 Å². The molecule has 1 N–H and O–H groups in total. The van der Waals surface area contributed by atoms with Crippen LogP contribution in [-0.4, -0.2) is 11.7 Å². The first-order valence-corrected chi connectivity index (χ1v) is 6.56. The van der Waals surface area contributed by atoms with Crippen molar-refractivity contribution in [1.29, 1.82) is 0 Å². The highest BCUT2D eigenvalue weighted by Crippen LogP contribution is 2.26. The molecular formula is C15H24O2. The number of hydrogen-bond donors (Lipinski definition) is 1. The average molecular weight is 236 g/mol. The van der Waals surface area contributed by atoms with Gasteiger partial charge in [-0.2, -0.15) is 0 Å². The molecule has 0 unspecified atom stereocenters. The summed E-state index contributed by atoms with van der Waals surface area (Å²) in [4.78, 5) is 0. The summed E-state index contributed by atoms with van der Waals surface area (Å²) in [5.41, 5.74) is 2.05. The molecule has 1 rings (SSSR count). The van der Waals surface area contributed by atoms with Crippen LogP contribution >= 0.6 is 0 Å². The number of aliphatic hydroxyl groups is 1. The quantitative estimate of drug-likeness (QED) is 0.725. The molecule has 0 amide bonds. The summed E-state index contributed by atoms with van der Waals surface area (Å²) in [5, 5.41) is 9.66. The summed E-state index contributed by atoms with van der Waals surface area (Å²) in [6.45, 7) is 6.75. The maximum absolute atomic E-state index is 9.66. The van der Waals surface area contributed by atoms with Crippen molar-refractivity contribution >= 4 is 0 Å². The van der Waals surface area contributed by atoms with Crippen molar-refractivity contribution in [2.45, 2.75) is 52.6 Å². The first-order valence-electron chi connectivity index (χ1n) is 6.56. The lowest BCUT2D eigenvalue weighted by atomic mass is 10.1. The molecule has 0 saturated heterocycles. The van der Waals surface area contributed by atoms with Gasteiger partial charge in [0.15, 0.2) is 0 Å². The topological polar surface area (TPSA) is 29.5 Å². The molecule has 0 heterocycles. The Balaban J connectivity index is 2.53. The summed E-state index contributed by atoms with van der Waals surface area (Å²) in [6.07, 6.45) is 4.33. The van der Waals surface area contributed by atoms with Crippen molar-refractivity contribution in [2.24, 2.45) is 0 Å². The van der Waals surface area contributed by atoms with E-state index in [1.807, 2.05) is 25.1 Å². The molecule has 2 heteroatoms. The number of ether oxygens (including phenoxy) is 1. The van der Waals surface area contributed by atoms with Gasteiger partial charge >= 0.3 is 0 Å². The Labute approximate surface area is 105 Å². The molecule has 0 bridgehead atoms. The Morgan fingerprint density at radius 1 is 1.24 bits per heavy atom. The van der Waals surface area contributed by atoms with Crippen LogP contribution < -0.4 is 4.74 Å². The van der Waals surface area contributed by atoms with E-state index in [9.17, 15) is 5.11 Å².